The topological polar surface area (TPSA) is 43.1 Å². The molecule has 0 aliphatic heterocycles. The van der Waals surface area contributed by atoms with Crippen molar-refractivity contribution in [2.45, 2.75) is 32.6 Å². The molecule has 0 aliphatic carbocycles. The standard InChI is InChI=1S/C15H17NO2/c1-2-3-5-10-13-11-14(16-18-13)15(17)12-8-6-4-7-9-12/h4,6-9,11H,2-3,5,10H2,1H3. The van der Waals surface area contributed by atoms with Crippen molar-refractivity contribution in [3.05, 3.63) is 53.4 Å². The largest absolute Gasteiger partial charge is 0.361 e. The summed E-state index contributed by atoms with van der Waals surface area (Å²) in [4.78, 5) is 12.1. The van der Waals surface area contributed by atoms with Crippen molar-refractivity contribution in [1.82, 2.24) is 5.16 Å². The smallest absolute Gasteiger partial charge is 0.214 e. The Balaban J connectivity index is 2.04. The Labute approximate surface area is 107 Å². The Morgan fingerprint density at radius 2 is 2.00 bits per heavy atom. The lowest BCUT2D eigenvalue weighted by Crippen LogP contribution is -2.00. The third kappa shape index (κ3) is 3.06. The van der Waals surface area contributed by atoms with Crippen molar-refractivity contribution in [2.24, 2.45) is 0 Å². The van der Waals surface area contributed by atoms with E-state index in [0.29, 0.717) is 11.3 Å². The summed E-state index contributed by atoms with van der Waals surface area (Å²) in [6.45, 7) is 2.16. The second-order valence-corrected chi connectivity index (χ2v) is 4.33. The Morgan fingerprint density at radius 1 is 1.22 bits per heavy atom. The van der Waals surface area contributed by atoms with Gasteiger partial charge < -0.3 is 4.52 Å². The highest BCUT2D eigenvalue weighted by Gasteiger charge is 2.13. The number of benzene rings is 1. The van der Waals surface area contributed by atoms with Gasteiger partial charge in [-0.15, -0.1) is 0 Å². The highest BCUT2D eigenvalue weighted by molar-refractivity contribution is 6.07. The molecule has 3 heteroatoms. The minimum atomic E-state index is -0.0823. The molecule has 0 aliphatic rings. The first-order valence-corrected chi connectivity index (χ1v) is 6.36. The molecular formula is C15H17NO2. The summed E-state index contributed by atoms with van der Waals surface area (Å²) in [7, 11) is 0. The number of ketones is 1. The van der Waals surface area contributed by atoms with E-state index < -0.39 is 0 Å². The molecule has 94 valence electrons. The summed E-state index contributed by atoms with van der Waals surface area (Å²) in [5.74, 6) is 0.712. The van der Waals surface area contributed by atoms with Gasteiger partial charge in [0.25, 0.3) is 0 Å². The van der Waals surface area contributed by atoms with Crippen LogP contribution in [0.3, 0.4) is 0 Å². The van der Waals surface area contributed by atoms with E-state index in [2.05, 4.69) is 12.1 Å². The summed E-state index contributed by atoms with van der Waals surface area (Å²) in [6, 6.07) is 10.9. The zero-order valence-corrected chi connectivity index (χ0v) is 10.6. The van der Waals surface area contributed by atoms with Gasteiger partial charge in [0.05, 0.1) is 0 Å². The number of aromatic nitrogens is 1. The summed E-state index contributed by atoms with van der Waals surface area (Å²) in [6.07, 6.45) is 4.26. The van der Waals surface area contributed by atoms with Gasteiger partial charge in [-0.3, -0.25) is 4.79 Å². The maximum atomic E-state index is 12.1. The molecule has 0 saturated heterocycles. The monoisotopic (exact) mass is 243 g/mol. The lowest BCUT2D eigenvalue weighted by Gasteiger charge is -1.94. The molecule has 1 aromatic carbocycles. The quantitative estimate of drug-likeness (QED) is 0.574. The second-order valence-electron chi connectivity index (χ2n) is 4.33. The highest BCUT2D eigenvalue weighted by atomic mass is 16.5. The lowest BCUT2D eigenvalue weighted by molar-refractivity contribution is 0.103. The Kier molecular flexibility index (Phi) is 4.29. The van der Waals surface area contributed by atoms with Crippen LogP contribution in [0.15, 0.2) is 40.9 Å². The zero-order chi connectivity index (χ0) is 12.8. The minimum absolute atomic E-state index is 0.0823. The van der Waals surface area contributed by atoms with Gasteiger partial charge in [-0.25, -0.2) is 0 Å². The fraction of sp³-hybridized carbons (Fsp3) is 0.333. The third-order valence-electron chi connectivity index (χ3n) is 2.85. The Hall–Kier alpha value is -1.90. The van der Waals surface area contributed by atoms with Crippen LogP contribution in [0.25, 0.3) is 0 Å². The average molecular weight is 243 g/mol. The van der Waals surface area contributed by atoms with Gasteiger partial charge in [-0.05, 0) is 6.42 Å². The van der Waals surface area contributed by atoms with Crippen LogP contribution in [-0.2, 0) is 6.42 Å². The third-order valence-corrected chi connectivity index (χ3v) is 2.85. The Morgan fingerprint density at radius 3 is 2.72 bits per heavy atom. The fourth-order valence-electron chi connectivity index (χ4n) is 1.82. The van der Waals surface area contributed by atoms with Crippen LogP contribution in [0.2, 0.25) is 0 Å². The van der Waals surface area contributed by atoms with Crippen LogP contribution in [0.1, 0.15) is 48.0 Å². The number of rotatable bonds is 6. The van der Waals surface area contributed by atoms with Crippen molar-refractivity contribution in [3.63, 3.8) is 0 Å². The number of hydrogen-bond acceptors (Lipinski definition) is 3. The van der Waals surface area contributed by atoms with Gasteiger partial charge in [-0.2, -0.15) is 0 Å². The molecule has 0 atom stereocenters. The Bertz CT molecular complexity index is 502. The molecule has 0 radical (unpaired) electrons. The average Bonchev–Trinajstić information content (AvgIpc) is 2.88. The summed E-state index contributed by atoms with van der Waals surface area (Å²) in [5.41, 5.74) is 1.04. The van der Waals surface area contributed by atoms with Crippen molar-refractivity contribution in [3.8, 4) is 0 Å². The van der Waals surface area contributed by atoms with Gasteiger partial charge in [-0.1, -0.05) is 55.3 Å². The molecule has 0 fully saturated rings. The fourth-order valence-corrected chi connectivity index (χ4v) is 1.82. The summed E-state index contributed by atoms with van der Waals surface area (Å²) < 4.78 is 5.18. The van der Waals surface area contributed by atoms with Crippen molar-refractivity contribution in [1.29, 1.82) is 0 Å². The van der Waals surface area contributed by atoms with Gasteiger partial charge in [0.2, 0.25) is 5.78 Å². The minimum Gasteiger partial charge on any atom is -0.361 e. The van der Waals surface area contributed by atoms with Crippen LogP contribution in [0.4, 0.5) is 0 Å². The normalized spacial score (nSPS) is 10.5. The molecule has 1 heterocycles. The molecular weight excluding hydrogens is 226 g/mol. The number of hydrogen-bond donors (Lipinski definition) is 0. The first-order chi connectivity index (χ1) is 8.81. The number of aryl methyl sites for hydroxylation is 1. The molecule has 0 N–H and O–H groups in total. The van der Waals surface area contributed by atoms with Gasteiger partial charge in [0, 0.05) is 18.1 Å². The molecule has 1 aromatic heterocycles. The first kappa shape index (κ1) is 12.6. The zero-order valence-electron chi connectivity index (χ0n) is 10.6. The molecule has 0 spiro atoms. The second kappa shape index (κ2) is 6.15. The van der Waals surface area contributed by atoms with E-state index >= 15 is 0 Å². The molecule has 2 aromatic rings. The molecule has 0 unspecified atom stereocenters. The van der Waals surface area contributed by atoms with Crippen LogP contribution < -0.4 is 0 Å². The molecule has 0 bridgehead atoms. The number of unbranched alkanes of at least 4 members (excludes halogenated alkanes) is 2. The van der Waals surface area contributed by atoms with Gasteiger partial charge in [0.15, 0.2) is 5.69 Å². The molecule has 3 nitrogen and oxygen atoms in total. The highest BCUT2D eigenvalue weighted by Crippen LogP contribution is 2.12. The SMILES string of the molecule is CCCCCc1cc(C(=O)c2ccccc2)no1. The molecule has 18 heavy (non-hydrogen) atoms. The summed E-state index contributed by atoms with van der Waals surface area (Å²) >= 11 is 0. The number of carbonyl (C=O) groups excluding carboxylic acids is 1. The maximum absolute atomic E-state index is 12.1. The lowest BCUT2D eigenvalue weighted by atomic mass is 10.1. The van der Waals surface area contributed by atoms with Crippen LogP contribution in [-0.4, -0.2) is 10.9 Å². The van der Waals surface area contributed by atoms with E-state index in [1.165, 1.54) is 12.8 Å². The van der Waals surface area contributed by atoms with E-state index in [-0.39, 0.29) is 5.78 Å². The van der Waals surface area contributed by atoms with Crippen LogP contribution >= 0.6 is 0 Å². The maximum Gasteiger partial charge on any atom is 0.214 e. The molecule has 0 saturated carbocycles. The predicted molar refractivity (Wildman–Crippen MR) is 69.6 cm³/mol. The van der Waals surface area contributed by atoms with Crippen molar-refractivity contribution in [2.75, 3.05) is 0 Å². The van der Waals surface area contributed by atoms with Gasteiger partial charge >= 0.3 is 0 Å². The van der Waals surface area contributed by atoms with Crippen LogP contribution in [0.5, 0.6) is 0 Å². The van der Waals surface area contributed by atoms with Crippen molar-refractivity contribution >= 4 is 5.78 Å². The summed E-state index contributed by atoms with van der Waals surface area (Å²) in [5, 5.41) is 3.85. The number of nitrogens with zero attached hydrogens (tertiary/aromatic N) is 1. The van der Waals surface area contributed by atoms with E-state index in [1.54, 1.807) is 18.2 Å². The first-order valence-electron chi connectivity index (χ1n) is 6.36. The van der Waals surface area contributed by atoms with E-state index in [4.69, 9.17) is 4.52 Å². The van der Waals surface area contributed by atoms with E-state index in [9.17, 15) is 4.79 Å². The predicted octanol–water partition coefficient (Wildman–Crippen LogP) is 3.64. The number of carbonyl (C=O) groups is 1. The van der Waals surface area contributed by atoms with E-state index in [1.807, 2.05) is 18.2 Å². The molecule has 0 amide bonds. The van der Waals surface area contributed by atoms with Gasteiger partial charge in [0.1, 0.15) is 5.76 Å². The van der Waals surface area contributed by atoms with Crippen LogP contribution in [0, 0.1) is 0 Å². The van der Waals surface area contributed by atoms with Crippen molar-refractivity contribution < 1.29 is 9.32 Å². The molecule has 2 rings (SSSR count). The van der Waals surface area contributed by atoms with E-state index in [0.717, 1.165) is 18.6 Å².